The normalized spacial score (nSPS) is 17.8. The Labute approximate surface area is 177 Å². The van der Waals surface area contributed by atoms with Crippen LogP contribution in [0.1, 0.15) is 37.9 Å². The second-order valence-corrected chi connectivity index (χ2v) is 8.04. The number of aromatic nitrogens is 3. The molecule has 8 heteroatoms. The van der Waals surface area contributed by atoms with E-state index in [-0.39, 0.29) is 17.9 Å². The monoisotopic (exact) mass is 417 g/mol. The van der Waals surface area contributed by atoms with Crippen molar-refractivity contribution in [2.45, 2.75) is 52.1 Å². The smallest absolute Gasteiger partial charge is 0.256 e. The molecule has 150 valence electrons. The molecule has 1 N–H and O–H groups in total. The Bertz CT molecular complexity index is 820. The number of carbonyl (C=O) groups is 1. The summed E-state index contributed by atoms with van der Waals surface area (Å²) in [6, 6.07) is 7.79. The van der Waals surface area contributed by atoms with Crippen molar-refractivity contribution in [3.63, 3.8) is 0 Å². The largest absolute Gasteiger partial charge is 0.350 e. The zero-order chi connectivity index (χ0) is 20.1. The van der Waals surface area contributed by atoms with Crippen LogP contribution >= 0.6 is 24.8 Å². The van der Waals surface area contributed by atoms with Gasteiger partial charge in [0.2, 0.25) is 0 Å². The maximum absolute atomic E-state index is 12.7. The lowest BCUT2D eigenvalue weighted by molar-refractivity contribution is -0.119. The molecule has 1 aromatic heterocycles. The van der Waals surface area contributed by atoms with E-state index in [1.807, 2.05) is 35.1 Å². The predicted octanol–water partition coefficient (Wildman–Crippen LogP) is 3.02. The summed E-state index contributed by atoms with van der Waals surface area (Å²) in [5, 5.41) is 12.0. The Hall–Kier alpha value is -1.93. The summed E-state index contributed by atoms with van der Waals surface area (Å²) in [6.45, 7) is 5.00. The lowest BCUT2D eigenvalue weighted by atomic mass is 9.99. The van der Waals surface area contributed by atoms with Crippen molar-refractivity contribution < 1.29 is 4.79 Å². The summed E-state index contributed by atoms with van der Waals surface area (Å²) in [5.41, 5.74) is 2.99. The molecule has 1 saturated heterocycles. The fraction of sp³-hybridized carbons (Fsp3) is 0.500. The van der Waals surface area contributed by atoms with Gasteiger partial charge in [-0.2, -0.15) is 12.6 Å². The van der Waals surface area contributed by atoms with Crippen LogP contribution < -0.4 is 10.2 Å². The molecule has 0 bridgehead atoms. The summed E-state index contributed by atoms with van der Waals surface area (Å²) < 4.78 is 1.87. The van der Waals surface area contributed by atoms with E-state index in [9.17, 15) is 4.79 Å². The highest BCUT2D eigenvalue weighted by Gasteiger charge is 2.38. The van der Waals surface area contributed by atoms with Crippen LogP contribution in [-0.2, 0) is 24.2 Å². The molecule has 2 aromatic rings. The third-order valence-corrected chi connectivity index (χ3v) is 5.79. The quantitative estimate of drug-likeness (QED) is 0.485. The van der Waals surface area contributed by atoms with Crippen molar-refractivity contribution in [2.24, 2.45) is 5.92 Å². The first-order valence-corrected chi connectivity index (χ1v) is 10.8. The number of anilines is 1. The van der Waals surface area contributed by atoms with Crippen molar-refractivity contribution in [3.05, 3.63) is 41.7 Å². The van der Waals surface area contributed by atoms with Gasteiger partial charge >= 0.3 is 0 Å². The molecule has 0 aliphatic carbocycles. The zero-order valence-corrected chi connectivity index (χ0v) is 18.0. The summed E-state index contributed by atoms with van der Waals surface area (Å²) in [5.74, 6) is 1.12. The Kier molecular flexibility index (Phi) is 7.07. The molecule has 2 unspecified atom stereocenters. The van der Waals surface area contributed by atoms with E-state index in [4.69, 9.17) is 12.2 Å². The average molecular weight is 418 g/mol. The minimum atomic E-state index is -0.234. The van der Waals surface area contributed by atoms with Crippen LogP contribution in [-0.4, -0.2) is 37.8 Å². The van der Waals surface area contributed by atoms with Crippen LogP contribution in [0.2, 0.25) is 0 Å². The number of amides is 1. The lowest BCUT2D eigenvalue weighted by Gasteiger charge is -2.17. The van der Waals surface area contributed by atoms with Crippen molar-refractivity contribution >= 4 is 41.6 Å². The first-order valence-electron chi connectivity index (χ1n) is 9.76. The highest BCUT2D eigenvalue weighted by atomic mass is 32.1. The first kappa shape index (κ1) is 20.8. The van der Waals surface area contributed by atoms with E-state index in [1.54, 1.807) is 4.90 Å². The molecule has 1 aliphatic heterocycles. The molecule has 1 aromatic carbocycles. The van der Waals surface area contributed by atoms with Gasteiger partial charge in [-0.25, -0.2) is 0 Å². The van der Waals surface area contributed by atoms with Crippen LogP contribution in [0.15, 0.2) is 30.5 Å². The van der Waals surface area contributed by atoms with Crippen LogP contribution in [0.5, 0.6) is 0 Å². The SMILES string of the molecule is CCC(C)C1NC(=S)N(c2ccc(CCc3cn(CCCS)nn3)cc2)C1=O. The third-order valence-electron chi connectivity index (χ3n) is 5.18. The number of carbonyl (C=O) groups excluding carboxylic acids is 1. The fourth-order valence-electron chi connectivity index (χ4n) is 3.24. The van der Waals surface area contributed by atoms with Gasteiger partial charge < -0.3 is 5.32 Å². The van der Waals surface area contributed by atoms with E-state index in [0.717, 1.165) is 49.4 Å². The van der Waals surface area contributed by atoms with Gasteiger partial charge in [0.15, 0.2) is 5.11 Å². The van der Waals surface area contributed by atoms with Crippen molar-refractivity contribution in [2.75, 3.05) is 10.7 Å². The number of nitrogens with one attached hydrogen (secondary N) is 1. The van der Waals surface area contributed by atoms with Gasteiger partial charge in [0.25, 0.3) is 5.91 Å². The van der Waals surface area contributed by atoms with Crippen LogP contribution in [0.3, 0.4) is 0 Å². The van der Waals surface area contributed by atoms with Gasteiger partial charge in [-0.15, -0.1) is 5.10 Å². The van der Waals surface area contributed by atoms with Crippen molar-refractivity contribution in [3.8, 4) is 0 Å². The van der Waals surface area contributed by atoms with Gasteiger partial charge in [-0.05, 0) is 60.8 Å². The molecule has 0 saturated carbocycles. The highest BCUT2D eigenvalue weighted by Crippen LogP contribution is 2.24. The number of thiol groups is 1. The Morgan fingerprint density at radius 2 is 2.04 bits per heavy atom. The Morgan fingerprint density at radius 3 is 2.71 bits per heavy atom. The lowest BCUT2D eigenvalue weighted by Crippen LogP contribution is -2.35. The molecular weight excluding hydrogens is 390 g/mol. The Balaban J connectivity index is 1.60. The topological polar surface area (TPSA) is 63.1 Å². The molecule has 28 heavy (non-hydrogen) atoms. The number of rotatable bonds is 9. The summed E-state index contributed by atoms with van der Waals surface area (Å²) in [7, 11) is 0. The molecule has 0 spiro atoms. The van der Waals surface area contributed by atoms with E-state index in [2.05, 4.69) is 42.1 Å². The number of benzene rings is 1. The second kappa shape index (κ2) is 9.52. The van der Waals surface area contributed by atoms with Gasteiger partial charge in [-0.1, -0.05) is 37.6 Å². The maximum atomic E-state index is 12.7. The first-order chi connectivity index (χ1) is 13.5. The molecule has 1 amide bonds. The molecule has 0 radical (unpaired) electrons. The molecule has 1 fully saturated rings. The van der Waals surface area contributed by atoms with Crippen molar-refractivity contribution in [1.29, 1.82) is 0 Å². The molecule has 1 aliphatic rings. The predicted molar refractivity (Wildman–Crippen MR) is 119 cm³/mol. The maximum Gasteiger partial charge on any atom is 0.256 e. The minimum Gasteiger partial charge on any atom is -0.350 e. The standard InChI is InChI=1S/C20H27N5OS2/c1-3-14(2)18-19(26)25(20(28)21-18)17-9-6-15(7-10-17)5-8-16-13-24(23-22-16)11-4-12-27/h6-7,9-10,13-14,18,27H,3-5,8,11-12H2,1-2H3,(H,21,28). The fourth-order valence-corrected chi connectivity index (χ4v) is 3.71. The number of hydrogen-bond donors (Lipinski definition) is 2. The number of hydrogen-bond acceptors (Lipinski definition) is 5. The molecular formula is C20H27N5OS2. The highest BCUT2D eigenvalue weighted by molar-refractivity contribution is 7.80. The summed E-state index contributed by atoms with van der Waals surface area (Å²) in [6.07, 6.45) is 5.62. The van der Waals surface area contributed by atoms with Gasteiger partial charge in [0, 0.05) is 12.7 Å². The van der Waals surface area contributed by atoms with Gasteiger partial charge in [-0.3, -0.25) is 14.4 Å². The molecule has 6 nitrogen and oxygen atoms in total. The Morgan fingerprint density at radius 1 is 1.29 bits per heavy atom. The van der Waals surface area contributed by atoms with Crippen LogP contribution in [0, 0.1) is 5.92 Å². The van der Waals surface area contributed by atoms with Crippen LogP contribution in [0.25, 0.3) is 0 Å². The average Bonchev–Trinajstić information content (AvgIpc) is 3.28. The van der Waals surface area contributed by atoms with E-state index < -0.39 is 0 Å². The van der Waals surface area contributed by atoms with Gasteiger partial charge in [0.05, 0.1) is 11.4 Å². The minimum absolute atomic E-state index is 0.0323. The van der Waals surface area contributed by atoms with Crippen molar-refractivity contribution in [1.82, 2.24) is 20.3 Å². The zero-order valence-electron chi connectivity index (χ0n) is 16.3. The number of thiocarbonyl (C=S) groups is 1. The molecule has 2 atom stereocenters. The number of nitrogens with zero attached hydrogens (tertiary/aromatic N) is 4. The van der Waals surface area contributed by atoms with E-state index in [0.29, 0.717) is 5.11 Å². The number of aryl methyl sites for hydroxylation is 3. The van der Waals surface area contributed by atoms with E-state index in [1.165, 1.54) is 5.56 Å². The summed E-state index contributed by atoms with van der Waals surface area (Å²) >= 11 is 9.62. The third kappa shape index (κ3) is 4.72. The summed E-state index contributed by atoms with van der Waals surface area (Å²) in [4.78, 5) is 14.4. The van der Waals surface area contributed by atoms with Gasteiger partial charge in [0.1, 0.15) is 6.04 Å². The van der Waals surface area contributed by atoms with Crippen LogP contribution in [0.4, 0.5) is 5.69 Å². The second-order valence-electron chi connectivity index (χ2n) is 7.20. The van der Waals surface area contributed by atoms with E-state index >= 15 is 0 Å². The molecule has 3 rings (SSSR count). The molecule has 2 heterocycles.